The molecule has 0 aliphatic heterocycles. The van der Waals surface area contributed by atoms with Gasteiger partial charge in [-0.1, -0.05) is 17.7 Å². The molecule has 3 N–H and O–H groups in total. The van der Waals surface area contributed by atoms with Gasteiger partial charge in [0.05, 0.1) is 24.3 Å². The number of nitrogens with one attached hydrogen (secondary N) is 1. The second kappa shape index (κ2) is 8.27. The first-order chi connectivity index (χ1) is 13.6. The van der Waals surface area contributed by atoms with E-state index in [0.29, 0.717) is 9.90 Å². The van der Waals surface area contributed by atoms with Gasteiger partial charge in [0.1, 0.15) is 4.21 Å². The lowest BCUT2D eigenvalue weighted by Crippen LogP contribution is -2.24. The Morgan fingerprint density at radius 1 is 1.24 bits per heavy atom. The van der Waals surface area contributed by atoms with Gasteiger partial charge in [0, 0.05) is 21.2 Å². The Morgan fingerprint density at radius 3 is 2.59 bits per heavy atom. The molecule has 0 fully saturated rings. The van der Waals surface area contributed by atoms with E-state index in [1.807, 2.05) is 39.0 Å². The highest BCUT2D eigenvalue weighted by Gasteiger charge is 2.17. The molecule has 10 heteroatoms. The Hall–Kier alpha value is -2.20. The van der Waals surface area contributed by atoms with Gasteiger partial charge in [0.2, 0.25) is 15.9 Å². The van der Waals surface area contributed by atoms with Crippen LogP contribution in [0.3, 0.4) is 0 Å². The van der Waals surface area contributed by atoms with E-state index in [4.69, 9.17) is 16.7 Å². The van der Waals surface area contributed by atoms with Crippen LogP contribution < -0.4 is 10.5 Å². The third-order valence-electron chi connectivity index (χ3n) is 4.56. The van der Waals surface area contributed by atoms with Crippen molar-refractivity contribution in [2.75, 3.05) is 0 Å². The number of carbonyl (C=O) groups is 1. The molecule has 2 heterocycles. The Labute approximate surface area is 178 Å². The number of aryl methyl sites for hydroxylation is 2. The highest BCUT2D eigenvalue weighted by Crippen LogP contribution is 2.23. The SMILES string of the molecule is Cc1ccc(-n2nc(C)c(CC(=O)NCc3ccc(S(N)(=O)=O)s3)c2C)cc1Cl. The second-order valence-electron chi connectivity index (χ2n) is 6.71. The van der Waals surface area contributed by atoms with E-state index < -0.39 is 10.0 Å². The zero-order valence-corrected chi connectivity index (χ0v) is 18.6. The lowest BCUT2D eigenvalue weighted by molar-refractivity contribution is -0.120. The summed E-state index contributed by atoms with van der Waals surface area (Å²) in [6, 6.07) is 8.79. The Bertz CT molecular complexity index is 1180. The molecule has 0 aliphatic rings. The van der Waals surface area contributed by atoms with Gasteiger partial charge in [0.15, 0.2) is 0 Å². The minimum Gasteiger partial charge on any atom is -0.351 e. The fraction of sp³-hybridized carbons (Fsp3) is 0.263. The normalized spacial score (nSPS) is 11.6. The Kier molecular flexibility index (Phi) is 6.13. The highest BCUT2D eigenvalue weighted by molar-refractivity contribution is 7.91. The molecule has 3 aromatic rings. The maximum atomic E-state index is 12.4. The number of hydrogen-bond donors (Lipinski definition) is 2. The van der Waals surface area contributed by atoms with E-state index in [-0.39, 0.29) is 23.1 Å². The largest absolute Gasteiger partial charge is 0.351 e. The number of aromatic nitrogens is 2. The smallest absolute Gasteiger partial charge is 0.247 e. The molecule has 29 heavy (non-hydrogen) atoms. The number of hydrogen-bond acceptors (Lipinski definition) is 5. The summed E-state index contributed by atoms with van der Waals surface area (Å²) in [5, 5.41) is 13.1. The van der Waals surface area contributed by atoms with Crippen molar-refractivity contribution in [2.24, 2.45) is 5.14 Å². The average molecular weight is 453 g/mol. The molecule has 1 aromatic carbocycles. The molecular formula is C19H21ClN4O3S2. The summed E-state index contributed by atoms with van der Waals surface area (Å²) in [6.45, 7) is 5.94. The molecule has 7 nitrogen and oxygen atoms in total. The van der Waals surface area contributed by atoms with Crippen LogP contribution in [0.5, 0.6) is 0 Å². The van der Waals surface area contributed by atoms with E-state index in [2.05, 4.69) is 10.4 Å². The molecule has 0 radical (unpaired) electrons. The number of thiophene rings is 1. The van der Waals surface area contributed by atoms with Crippen LogP contribution in [0, 0.1) is 20.8 Å². The van der Waals surface area contributed by atoms with Crippen molar-refractivity contribution in [1.82, 2.24) is 15.1 Å². The van der Waals surface area contributed by atoms with Crippen molar-refractivity contribution in [3.63, 3.8) is 0 Å². The standard InChI is InChI=1S/C19H21ClN4O3S2/c1-11-4-5-14(8-17(11)20)24-13(3)16(12(2)23-24)9-18(25)22-10-15-6-7-19(28-15)29(21,26)27/h4-8H,9-10H2,1-3H3,(H,22,25)(H2,21,26,27). The molecule has 0 bridgehead atoms. The number of primary sulfonamides is 1. The summed E-state index contributed by atoms with van der Waals surface area (Å²) < 4.78 is 24.5. The Morgan fingerprint density at radius 2 is 1.97 bits per heavy atom. The number of benzene rings is 1. The predicted octanol–water partition coefficient (Wildman–Crippen LogP) is 3.02. The van der Waals surface area contributed by atoms with E-state index in [1.54, 1.807) is 10.7 Å². The number of nitrogens with zero attached hydrogens (tertiary/aromatic N) is 2. The molecule has 0 spiro atoms. The molecule has 0 saturated carbocycles. The molecule has 1 amide bonds. The van der Waals surface area contributed by atoms with Crippen molar-refractivity contribution >= 4 is 38.9 Å². The summed E-state index contributed by atoms with van der Waals surface area (Å²) in [6.07, 6.45) is 0.171. The Balaban J connectivity index is 1.71. The van der Waals surface area contributed by atoms with Crippen molar-refractivity contribution < 1.29 is 13.2 Å². The molecule has 154 valence electrons. The highest BCUT2D eigenvalue weighted by atomic mass is 35.5. The van der Waals surface area contributed by atoms with Crippen LogP contribution in [0.4, 0.5) is 0 Å². The van der Waals surface area contributed by atoms with Gasteiger partial charge >= 0.3 is 0 Å². The molecule has 0 atom stereocenters. The van der Waals surface area contributed by atoms with Gasteiger partial charge < -0.3 is 5.32 Å². The first kappa shape index (κ1) is 21.5. The minimum absolute atomic E-state index is 0.0754. The maximum absolute atomic E-state index is 12.4. The van der Waals surface area contributed by atoms with Crippen LogP contribution in [0.25, 0.3) is 5.69 Å². The molecule has 0 aliphatic carbocycles. The number of sulfonamides is 1. The zero-order valence-electron chi connectivity index (χ0n) is 16.2. The van der Waals surface area contributed by atoms with Crippen LogP contribution in [-0.4, -0.2) is 24.1 Å². The zero-order chi connectivity index (χ0) is 21.3. The van der Waals surface area contributed by atoms with Gasteiger partial charge in [-0.15, -0.1) is 11.3 Å². The first-order valence-electron chi connectivity index (χ1n) is 8.76. The van der Waals surface area contributed by atoms with Crippen LogP contribution in [-0.2, 0) is 27.8 Å². The van der Waals surface area contributed by atoms with Gasteiger partial charge in [0.25, 0.3) is 0 Å². The summed E-state index contributed by atoms with van der Waals surface area (Å²) in [4.78, 5) is 13.1. The predicted molar refractivity (Wildman–Crippen MR) is 114 cm³/mol. The van der Waals surface area contributed by atoms with E-state index >= 15 is 0 Å². The van der Waals surface area contributed by atoms with Crippen LogP contribution >= 0.6 is 22.9 Å². The lowest BCUT2D eigenvalue weighted by Gasteiger charge is -2.08. The monoisotopic (exact) mass is 452 g/mol. The van der Waals surface area contributed by atoms with E-state index in [1.165, 1.54) is 6.07 Å². The molecule has 0 saturated heterocycles. The summed E-state index contributed by atoms with van der Waals surface area (Å²) in [7, 11) is -3.72. The van der Waals surface area contributed by atoms with Gasteiger partial charge in [-0.25, -0.2) is 18.2 Å². The topological polar surface area (TPSA) is 107 Å². The molecule has 0 unspecified atom stereocenters. The summed E-state index contributed by atoms with van der Waals surface area (Å²) >= 11 is 7.27. The number of rotatable bonds is 6. The van der Waals surface area contributed by atoms with Crippen molar-refractivity contribution in [3.8, 4) is 5.69 Å². The van der Waals surface area contributed by atoms with E-state index in [0.717, 1.165) is 39.5 Å². The average Bonchev–Trinajstić information content (AvgIpc) is 3.23. The molecule has 3 rings (SSSR count). The van der Waals surface area contributed by atoms with Crippen molar-refractivity contribution in [2.45, 2.75) is 37.9 Å². The third-order valence-corrected chi connectivity index (χ3v) is 7.49. The quantitative estimate of drug-likeness (QED) is 0.599. The fourth-order valence-corrected chi connectivity index (χ4v) is 4.80. The van der Waals surface area contributed by atoms with Crippen molar-refractivity contribution in [1.29, 1.82) is 0 Å². The lowest BCUT2D eigenvalue weighted by atomic mass is 10.1. The summed E-state index contributed by atoms with van der Waals surface area (Å²) in [5.74, 6) is -0.178. The second-order valence-corrected chi connectivity index (χ2v) is 10.1. The number of halogens is 1. The van der Waals surface area contributed by atoms with Crippen molar-refractivity contribution in [3.05, 3.63) is 62.7 Å². The van der Waals surface area contributed by atoms with Gasteiger partial charge in [-0.05, 0) is 50.6 Å². The maximum Gasteiger partial charge on any atom is 0.247 e. The third kappa shape index (κ3) is 4.87. The number of nitrogens with two attached hydrogens (primary N) is 1. The number of carbonyl (C=O) groups excluding carboxylic acids is 1. The molecular weight excluding hydrogens is 432 g/mol. The summed E-state index contributed by atoms with van der Waals surface area (Å²) in [5.41, 5.74) is 4.29. The molecule has 2 aromatic heterocycles. The first-order valence-corrected chi connectivity index (χ1v) is 11.5. The number of amides is 1. The van der Waals surface area contributed by atoms with Crippen LogP contribution in [0.15, 0.2) is 34.5 Å². The fourth-order valence-electron chi connectivity index (χ4n) is 2.91. The van der Waals surface area contributed by atoms with Gasteiger partial charge in [-0.3, -0.25) is 4.79 Å². The van der Waals surface area contributed by atoms with Crippen LogP contribution in [0.1, 0.15) is 27.4 Å². The van der Waals surface area contributed by atoms with E-state index in [9.17, 15) is 13.2 Å². The van der Waals surface area contributed by atoms with Gasteiger partial charge in [-0.2, -0.15) is 5.10 Å². The van der Waals surface area contributed by atoms with Crippen LogP contribution in [0.2, 0.25) is 5.02 Å². The minimum atomic E-state index is -3.72.